The molecule has 3 aromatic carbocycles. The Morgan fingerprint density at radius 3 is 2.42 bits per heavy atom. The van der Waals surface area contributed by atoms with Gasteiger partial charge in [0.05, 0.1) is 36.6 Å². The van der Waals surface area contributed by atoms with E-state index in [9.17, 15) is 9.59 Å². The molecule has 4 rings (SSSR count). The number of fused-ring (bicyclic) bond motifs is 1. The average molecular weight is 433 g/mol. The van der Waals surface area contributed by atoms with Crippen LogP contribution in [0.1, 0.15) is 10.4 Å². The first-order valence-electron chi connectivity index (χ1n) is 9.57. The number of para-hydroxylation sites is 1. The van der Waals surface area contributed by atoms with Gasteiger partial charge in [-0.05, 0) is 48.5 Å². The molecule has 0 saturated carbocycles. The summed E-state index contributed by atoms with van der Waals surface area (Å²) in [6.07, 6.45) is 0. The number of aromatic nitrogens is 2. The molecule has 0 aliphatic carbocycles. The van der Waals surface area contributed by atoms with Crippen LogP contribution in [0.3, 0.4) is 0 Å². The normalized spacial score (nSPS) is 10.8. The van der Waals surface area contributed by atoms with Crippen molar-refractivity contribution in [2.45, 2.75) is 5.16 Å². The third kappa shape index (κ3) is 4.32. The molecule has 0 N–H and O–H groups in total. The highest BCUT2D eigenvalue weighted by Crippen LogP contribution is 2.24. The third-order valence-corrected chi connectivity index (χ3v) is 5.74. The van der Waals surface area contributed by atoms with E-state index in [1.165, 1.54) is 16.3 Å². The molecule has 0 saturated heterocycles. The Morgan fingerprint density at radius 2 is 1.68 bits per heavy atom. The Bertz CT molecular complexity index is 1300. The number of benzene rings is 3. The Labute approximate surface area is 183 Å². The van der Waals surface area contributed by atoms with Crippen LogP contribution in [0.4, 0.5) is 0 Å². The molecule has 4 aromatic rings. The predicted octanol–water partition coefficient (Wildman–Crippen LogP) is 4.38. The van der Waals surface area contributed by atoms with Crippen LogP contribution in [0.5, 0.6) is 11.5 Å². The van der Waals surface area contributed by atoms with Crippen molar-refractivity contribution >= 4 is 28.4 Å². The monoisotopic (exact) mass is 432 g/mol. The molecule has 0 aliphatic heterocycles. The number of ketones is 1. The van der Waals surface area contributed by atoms with Crippen molar-refractivity contribution in [3.05, 3.63) is 88.7 Å². The van der Waals surface area contributed by atoms with Crippen LogP contribution in [-0.2, 0) is 0 Å². The summed E-state index contributed by atoms with van der Waals surface area (Å²) in [6, 6.07) is 21.3. The number of hydrogen-bond donors (Lipinski definition) is 0. The van der Waals surface area contributed by atoms with E-state index in [4.69, 9.17) is 9.47 Å². The van der Waals surface area contributed by atoms with Gasteiger partial charge in [0.2, 0.25) is 0 Å². The smallest absolute Gasteiger partial charge is 0.266 e. The van der Waals surface area contributed by atoms with Gasteiger partial charge in [0.25, 0.3) is 5.56 Å². The zero-order valence-electron chi connectivity index (χ0n) is 17.1. The summed E-state index contributed by atoms with van der Waals surface area (Å²) in [6.45, 7) is 0. The van der Waals surface area contributed by atoms with Crippen LogP contribution in [0.25, 0.3) is 16.6 Å². The summed E-state index contributed by atoms with van der Waals surface area (Å²) in [5.41, 5.74) is 1.59. The van der Waals surface area contributed by atoms with Crippen LogP contribution < -0.4 is 15.0 Å². The number of rotatable bonds is 7. The largest absolute Gasteiger partial charge is 0.497 e. The SMILES string of the molecule is COc1ccc(C(=O)CSc2nc3ccccc3c(=O)n2-c2cccc(OC)c2)cc1. The standard InChI is InChI=1S/C24H20N2O4S/c1-29-18-12-10-16(11-13-18)22(27)15-31-24-25-21-9-4-3-8-20(21)23(28)26(24)17-6-5-7-19(14-17)30-2/h3-14H,15H2,1-2H3. The molecule has 0 amide bonds. The lowest BCUT2D eigenvalue weighted by Gasteiger charge is -2.14. The second-order valence-electron chi connectivity index (χ2n) is 6.69. The van der Waals surface area contributed by atoms with Gasteiger partial charge in [-0.15, -0.1) is 0 Å². The highest BCUT2D eigenvalue weighted by Gasteiger charge is 2.16. The molecule has 0 atom stereocenters. The summed E-state index contributed by atoms with van der Waals surface area (Å²) in [7, 11) is 3.15. The third-order valence-electron chi connectivity index (χ3n) is 4.80. The van der Waals surface area contributed by atoms with Gasteiger partial charge in [-0.1, -0.05) is 30.0 Å². The van der Waals surface area contributed by atoms with Crippen molar-refractivity contribution in [1.82, 2.24) is 9.55 Å². The number of thioether (sulfide) groups is 1. The molecule has 7 heteroatoms. The van der Waals surface area contributed by atoms with Gasteiger partial charge >= 0.3 is 0 Å². The Morgan fingerprint density at radius 1 is 0.935 bits per heavy atom. The Kier molecular flexibility index (Phi) is 6.04. The zero-order chi connectivity index (χ0) is 21.8. The first-order valence-corrected chi connectivity index (χ1v) is 10.6. The molecule has 0 aliphatic rings. The van der Waals surface area contributed by atoms with Crippen LogP contribution in [0.15, 0.2) is 82.7 Å². The molecule has 6 nitrogen and oxygen atoms in total. The van der Waals surface area contributed by atoms with Crippen LogP contribution in [-0.4, -0.2) is 35.3 Å². The van der Waals surface area contributed by atoms with Gasteiger partial charge in [-0.3, -0.25) is 14.2 Å². The molecule has 0 radical (unpaired) electrons. The molecule has 156 valence electrons. The van der Waals surface area contributed by atoms with Gasteiger partial charge < -0.3 is 9.47 Å². The van der Waals surface area contributed by atoms with Crippen molar-refractivity contribution in [2.24, 2.45) is 0 Å². The van der Waals surface area contributed by atoms with Crippen LogP contribution in [0, 0.1) is 0 Å². The summed E-state index contributed by atoms with van der Waals surface area (Å²) >= 11 is 1.23. The van der Waals surface area contributed by atoms with E-state index in [1.807, 2.05) is 24.3 Å². The lowest BCUT2D eigenvalue weighted by Crippen LogP contribution is -2.22. The topological polar surface area (TPSA) is 70.4 Å². The maximum Gasteiger partial charge on any atom is 0.266 e. The van der Waals surface area contributed by atoms with E-state index in [1.54, 1.807) is 62.8 Å². The molecule has 31 heavy (non-hydrogen) atoms. The fourth-order valence-electron chi connectivity index (χ4n) is 3.18. The van der Waals surface area contributed by atoms with Crippen molar-refractivity contribution in [3.63, 3.8) is 0 Å². The lowest BCUT2D eigenvalue weighted by molar-refractivity contribution is 0.102. The minimum Gasteiger partial charge on any atom is -0.497 e. The highest BCUT2D eigenvalue weighted by molar-refractivity contribution is 7.99. The summed E-state index contributed by atoms with van der Waals surface area (Å²) in [5, 5.41) is 0.954. The number of carbonyl (C=O) groups excluding carboxylic acids is 1. The number of nitrogens with zero attached hydrogens (tertiary/aromatic N) is 2. The number of methoxy groups -OCH3 is 2. The zero-order valence-corrected chi connectivity index (χ0v) is 17.9. The van der Waals surface area contributed by atoms with Gasteiger partial charge in [0, 0.05) is 11.6 Å². The maximum absolute atomic E-state index is 13.3. The van der Waals surface area contributed by atoms with E-state index in [-0.39, 0.29) is 17.1 Å². The van der Waals surface area contributed by atoms with Crippen molar-refractivity contribution in [3.8, 4) is 17.2 Å². The van der Waals surface area contributed by atoms with Crippen LogP contribution in [0.2, 0.25) is 0 Å². The van der Waals surface area contributed by atoms with Gasteiger partial charge in [-0.25, -0.2) is 4.98 Å². The van der Waals surface area contributed by atoms with E-state index >= 15 is 0 Å². The number of Topliss-reactive ketones (excluding diaryl/α,β-unsaturated/α-hetero) is 1. The summed E-state index contributed by atoms with van der Waals surface area (Å²) in [4.78, 5) is 30.7. The molecule has 0 fully saturated rings. The van der Waals surface area contributed by atoms with E-state index in [2.05, 4.69) is 4.98 Å². The molecular formula is C24H20N2O4S. The molecule has 1 heterocycles. The Balaban J connectivity index is 1.73. The first-order chi connectivity index (χ1) is 15.1. The highest BCUT2D eigenvalue weighted by atomic mass is 32.2. The quantitative estimate of drug-likeness (QED) is 0.245. The number of ether oxygens (including phenoxy) is 2. The Hall–Kier alpha value is -3.58. The number of carbonyl (C=O) groups is 1. The predicted molar refractivity (Wildman–Crippen MR) is 122 cm³/mol. The minimum atomic E-state index is -0.196. The average Bonchev–Trinajstić information content (AvgIpc) is 2.82. The number of hydrogen-bond acceptors (Lipinski definition) is 6. The fraction of sp³-hybridized carbons (Fsp3) is 0.125. The molecular weight excluding hydrogens is 412 g/mol. The van der Waals surface area contributed by atoms with Gasteiger partial charge in [0.15, 0.2) is 10.9 Å². The van der Waals surface area contributed by atoms with Gasteiger partial charge in [-0.2, -0.15) is 0 Å². The molecule has 0 spiro atoms. The molecule has 0 unspecified atom stereocenters. The van der Waals surface area contributed by atoms with Crippen molar-refractivity contribution in [1.29, 1.82) is 0 Å². The molecule has 0 bridgehead atoms. The van der Waals surface area contributed by atoms with Crippen molar-refractivity contribution < 1.29 is 14.3 Å². The summed E-state index contributed by atoms with van der Waals surface area (Å²) < 4.78 is 12.0. The first kappa shape index (κ1) is 20.7. The minimum absolute atomic E-state index is 0.0627. The maximum atomic E-state index is 13.3. The van der Waals surface area contributed by atoms with Gasteiger partial charge in [0.1, 0.15) is 11.5 Å². The summed E-state index contributed by atoms with van der Waals surface area (Å²) in [5.74, 6) is 1.39. The molecule has 1 aromatic heterocycles. The lowest BCUT2D eigenvalue weighted by atomic mass is 10.1. The van der Waals surface area contributed by atoms with Crippen LogP contribution >= 0.6 is 11.8 Å². The fourth-order valence-corrected chi connectivity index (χ4v) is 4.08. The van der Waals surface area contributed by atoms with E-state index < -0.39 is 0 Å². The van der Waals surface area contributed by atoms with E-state index in [0.717, 1.165) is 0 Å². The van der Waals surface area contributed by atoms with E-state index in [0.29, 0.717) is 38.8 Å². The second kappa shape index (κ2) is 9.06. The second-order valence-corrected chi connectivity index (χ2v) is 7.64. The van der Waals surface area contributed by atoms with Crippen molar-refractivity contribution in [2.75, 3.05) is 20.0 Å².